The molecule has 1 atom stereocenters. The molecule has 0 fully saturated rings. The van der Waals surface area contributed by atoms with Gasteiger partial charge >= 0.3 is 5.97 Å². The summed E-state index contributed by atoms with van der Waals surface area (Å²) in [4.78, 5) is 21.1. The van der Waals surface area contributed by atoms with Crippen molar-refractivity contribution in [3.63, 3.8) is 0 Å². The zero-order chi connectivity index (χ0) is 22.1. The van der Waals surface area contributed by atoms with Crippen molar-refractivity contribution in [2.45, 2.75) is 26.4 Å². The molecule has 1 aliphatic rings. The van der Waals surface area contributed by atoms with Gasteiger partial charge in [-0.1, -0.05) is 49.3 Å². The number of para-hydroxylation sites is 1. The van der Waals surface area contributed by atoms with Gasteiger partial charge in [0.2, 0.25) is 5.90 Å². The molecule has 0 saturated carbocycles. The fraction of sp³-hybridized carbons (Fsp3) is 0.208. The predicted octanol–water partition coefficient (Wildman–Crippen LogP) is 5.54. The van der Waals surface area contributed by atoms with Gasteiger partial charge in [-0.05, 0) is 35.9 Å². The molecule has 160 valence electrons. The number of rotatable bonds is 5. The van der Waals surface area contributed by atoms with Gasteiger partial charge in [-0.15, -0.1) is 0 Å². The molecule has 7 nitrogen and oxygen atoms in total. The minimum absolute atomic E-state index is 0.257. The van der Waals surface area contributed by atoms with E-state index >= 15 is 0 Å². The first-order valence-electron chi connectivity index (χ1n) is 9.98. The summed E-state index contributed by atoms with van der Waals surface area (Å²) in [6.45, 7) is 4.00. The summed E-state index contributed by atoms with van der Waals surface area (Å²) < 4.78 is 16.2. The molecule has 2 heterocycles. The molecule has 1 aliphatic heterocycles. The average Bonchev–Trinajstić information content (AvgIpc) is 3.29. The van der Waals surface area contributed by atoms with E-state index in [1.165, 1.54) is 19.5 Å². The van der Waals surface area contributed by atoms with Crippen molar-refractivity contribution >= 4 is 11.9 Å². The molecule has 3 aromatic rings. The van der Waals surface area contributed by atoms with Gasteiger partial charge in [0.25, 0.3) is 0 Å². The van der Waals surface area contributed by atoms with E-state index in [9.17, 15) is 4.79 Å². The van der Waals surface area contributed by atoms with Crippen molar-refractivity contribution in [2.75, 3.05) is 7.11 Å². The summed E-state index contributed by atoms with van der Waals surface area (Å²) in [5, 5.41) is 3.99. The van der Waals surface area contributed by atoms with E-state index in [2.05, 4.69) is 14.9 Å². The Morgan fingerprint density at radius 2 is 1.65 bits per heavy atom. The molecule has 31 heavy (non-hydrogen) atoms. The summed E-state index contributed by atoms with van der Waals surface area (Å²) in [6, 6.07) is 18.8. The van der Waals surface area contributed by atoms with Crippen LogP contribution in [0.25, 0.3) is 0 Å². The number of esters is 1. The first-order chi connectivity index (χ1) is 15.2. The second kappa shape index (κ2) is 10.8. The number of methoxy groups -OCH3 is 1. The number of aromatic nitrogens is 1. The van der Waals surface area contributed by atoms with Gasteiger partial charge < -0.3 is 19.0 Å². The topological polar surface area (TPSA) is 79.2 Å². The third-order valence-corrected chi connectivity index (χ3v) is 4.24. The highest BCUT2D eigenvalue weighted by molar-refractivity contribution is 5.89. The number of hydrogen-bond donors (Lipinski definition) is 0. The quantitative estimate of drug-likeness (QED) is 0.504. The Bertz CT molecular complexity index is 1020. The Morgan fingerprint density at radius 3 is 2.35 bits per heavy atom. The van der Waals surface area contributed by atoms with Crippen LogP contribution in [0.2, 0.25) is 0 Å². The smallest absolute Gasteiger partial charge is 0.339 e. The number of ether oxygens (including phenoxy) is 3. The molecule has 0 amide bonds. The van der Waals surface area contributed by atoms with Gasteiger partial charge in [-0.3, -0.25) is 4.98 Å². The monoisotopic (exact) mass is 420 g/mol. The van der Waals surface area contributed by atoms with Gasteiger partial charge in [0.05, 0.1) is 25.3 Å². The summed E-state index contributed by atoms with van der Waals surface area (Å²) >= 11 is 0. The summed E-state index contributed by atoms with van der Waals surface area (Å²) in [7, 11) is 1.31. The van der Waals surface area contributed by atoms with Crippen LogP contribution in [0, 0.1) is 0 Å². The highest BCUT2D eigenvalue weighted by Gasteiger charge is 2.25. The Morgan fingerprint density at radius 1 is 0.935 bits per heavy atom. The highest BCUT2D eigenvalue weighted by Crippen LogP contribution is 2.30. The van der Waals surface area contributed by atoms with E-state index in [4.69, 9.17) is 14.3 Å². The second-order valence-electron chi connectivity index (χ2n) is 6.27. The van der Waals surface area contributed by atoms with E-state index in [-0.39, 0.29) is 6.10 Å². The first kappa shape index (κ1) is 21.8. The predicted molar refractivity (Wildman–Crippen MR) is 116 cm³/mol. The van der Waals surface area contributed by atoms with E-state index in [1.807, 2.05) is 68.4 Å². The van der Waals surface area contributed by atoms with E-state index in [0.717, 1.165) is 17.1 Å². The SMILES string of the molecule is CC.COC(=O)c1cncc(OC2=NOC(c3ccc(Oc4ccccc4)cc3)C2)c1. The molecule has 0 aliphatic carbocycles. The largest absolute Gasteiger partial charge is 0.465 e. The molecule has 0 saturated heterocycles. The maximum Gasteiger partial charge on any atom is 0.339 e. The maximum atomic E-state index is 11.6. The lowest BCUT2D eigenvalue weighted by Gasteiger charge is -2.10. The summed E-state index contributed by atoms with van der Waals surface area (Å²) in [5.74, 6) is 1.83. The standard InChI is InChI=1S/C22H18N2O5.C2H6/c1-26-22(25)16-11-19(14-23-13-16)28-21-12-20(29-24-21)15-7-9-18(10-8-15)27-17-5-3-2-4-6-17;1-2/h2-11,13-14,20H,12H2,1H3;1-2H3. The summed E-state index contributed by atoms with van der Waals surface area (Å²) in [5.41, 5.74) is 1.25. The number of carbonyl (C=O) groups excluding carboxylic acids is 1. The van der Waals surface area contributed by atoms with E-state index in [1.54, 1.807) is 6.07 Å². The van der Waals surface area contributed by atoms with Gasteiger partial charge in [-0.2, -0.15) is 0 Å². The molecular formula is C24H24N2O5. The van der Waals surface area contributed by atoms with Crippen molar-refractivity contribution in [1.82, 2.24) is 4.98 Å². The third-order valence-electron chi connectivity index (χ3n) is 4.24. The molecule has 4 rings (SSSR count). The maximum absolute atomic E-state index is 11.6. The lowest BCUT2D eigenvalue weighted by molar-refractivity contribution is 0.0600. The Hall–Kier alpha value is -3.87. The van der Waals surface area contributed by atoms with Crippen molar-refractivity contribution in [1.29, 1.82) is 0 Å². The molecular weight excluding hydrogens is 396 g/mol. The zero-order valence-corrected chi connectivity index (χ0v) is 17.6. The molecule has 0 bridgehead atoms. The van der Waals surface area contributed by atoms with Gasteiger partial charge in [0, 0.05) is 6.20 Å². The molecule has 0 spiro atoms. The van der Waals surface area contributed by atoms with Crippen molar-refractivity contribution in [3.8, 4) is 17.2 Å². The van der Waals surface area contributed by atoms with Crippen molar-refractivity contribution in [2.24, 2.45) is 5.16 Å². The number of carbonyl (C=O) groups is 1. The van der Waals surface area contributed by atoms with Crippen LogP contribution < -0.4 is 9.47 Å². The molecule has 7 heteroatoms. The summed E-state index contributed by atoms with van der Waals surface area (Å²) in [6.07, 6.45) is 3.11. The molecule has 1 unspecified atom stereocenters. The van der Waals surface area contributed by atoms with Gasteiger partial charge in [0.1, 0.15) is 17.2 Å². The fourth-order valence-electron chi connectivity index (χ4n) is 2.81. The second-order valence-corrected chi connectivity index (χ2v) is 6.27. The molecule has 0 N–H and O–H groups in total. The number of pyridine rings is 1. The Balaban J connectivity index is 0.00000132. The fourth-order valence-corrected chi connectivity index (χ4v) is 2.81. The number of benzene rings is 2. The minimum Gasteiger partial charge on any atom is -0.465 e. The minimum atomic E-state index is -0.483. The number of hydrogen-bond acceptors (Lipinski definition) is 7. The van der Waals surface area contributed by atoms with Crippen LogP contribution in [-0.4, -0.2) is 24.0 Å². The van der Waals surface area contributed by atoms with Crippen molar-refractivity contribution in [3.05, 3.63) is 84.2 Å². The Kier molecular flexibility index (Phi) is 7.59. The zero-order valence-electron chi connectivity index (χ0n) is 17.6. The van der Waals surface area contributed by atoms with Crippen LogP contribution in [0.5, 0.6) is 17.2 Å². The van der Waals surface area contributed by atoms with Crippen LogP contribution in [0.1, 0.15) is 42.3 Å². The number of oxime groups is 1. The van der Waals surface area contributed by atoms with Gasteiger partial charge in [0.15, 0.2) is 6.10 Å². The van der Waals surface area contributed by atoms with Crippen molar-refractivity contribution < 1.29 is 23.8 Å². The van der Waals surface area contributed by atoms with Crippen LogP contribution in [0.4, 0.5) is 0 Å². The average molecular weight is 420 g/mol. The lowest BCUT2D eigenvalue weighted by atomic mass is 10.1. The van der Waals surface area contributed by atoms with Gasteiger partial charge in [-0.25, -0.2) is 4.79 Å². The van der Waals surface area contributed by atoms with Crippen LogP contribution in [-0.2, 0) is 9.57 Å². The molecule has 1 aromatic heterocycles. The number of nitrogens with zero attached hydrogens (tertiary/aromatic N) is 2. The third kappa shape index (κ3) is 5.82. The lowest BCUT2D eigenvalue weighted by Crippen LogP contribution is -2.09. The molecule has 2 aromatic carbocycles. The van der Waals surface area contributed by atoms with E-state index in [0.29, 0.717) is 23.6 Å². The van der Waals surface area contributed by atoms with E-state index < -0.39 is 5.97 Å². The van der Waals surface area contributed by atoms with Crippen LogP contribution in [0.15, 0.2) is 78.2 Å². The normalized spacial score (nSPS) is 14.4. The van der Waals surface area contributed by atoms with Crippen LogP contribution >= 0.6 is 0 Å². The van der Waals surface area contributed by atoms with Crippen LogP contribution in [0.3, 0.4) is 0 Å². The Labute approximate surface area is 181 Å². The molecule has 0 radical (unpaired) electrons. The highest BCUT2D eigenvalue weighted by atomic mass is 16.7. The first-order valence-corrected chi connectivity index (χ1v) is 9.98.